The van der Waals surface area contributed by atoms with Gasteiger partial charge in [-0.3, -0.25) is 19.6 Å². The molecule has 2 N–H and O–H groups in total. The lowest BCUT2D eigenvalue weighted by Gasteiger charge is -2.14. The summed E-state index contributed by atoms with van der Waals surface area (Å²) in [5, 5.41) is 14.2. The molecular formula is C21H18FN3O5S. The summed E-state index contributed by atoms with van der Waals surface area (Å²) in [5.74, 6) is -1.04. The Morgan fingerprint density at radius 2 is 1.74 bits per heavy atom. The first-order valence-corrected chi connectivity index (χ1v) is 10.5. The van der Waals surface area contributed by atoms with E-state index >= 15 is 0 Å². The summed E-state index contributed by atoms with van der Waals surface area (Å²) >= 11 is 0. The lowest BCUT2D eigenvalue weighted by molar-refractivity contribution is -0.383. The summed E-state index contributed by atoms with van der Waals surface area (Å²) in [6.45, 7) is 2.87. The molecular weight excluding hydrogens is 425 g/mol. The molecule has 3 aromatic carbocycles. The second-order valence-corrected chi connectivity index (χ2v) is 8.39. The standard InChI is InChI=1S/C21H18FN3O5S/c1-13-7-9-16(23-19-10-8-15(14(2)26)11-20(19)25(27)28)12-21(13)31(29,30)24-18-6-4-3-5-17(18)22/h3-12,23-24H,1-2H3. The minimum atomic E-state index is -4.13. The van der Waals surface area contributed by atoms with Crippen molar-refractivity contribution in [3.8, 4) is 0 Å². The third kappa shape index (κ3) is 4.86. The van der Waals surface area contributed by atoms with E-state index < -0.39 is 20.8 Å². The number of carbonyl (C=O) groups is 1. The fourth-order valence-electron chi connectivity index (χ4n) is 2.87. The van der Waals surface area contributed by atoms with E-state index in [1.165, 1.54) is 49.4 Å². The highest BCUT2D eigenvalue weighted by atomic mass is 32.2. The second kappa shape index (κ2) is 8.52. The predicted molar refractivity (Wildman–Crippen MR) is 115 cm³/mol. The average molecular weight is 443 g/mol. The first-order chi connectivity index (χ1) is 14.6. The highest BCUT2D eigenvalue weighted by Gasteiger charge is 2.21. The van der Waals surface area contributed by atoms with Gasteiger partial charge in [-0.2, -0.15) is 0 Å². The van der Waals surface area contributed by atoms with E-state index in [2.05, 4.69) is 10.0 Å². The number of anilines is 3. The van der Waals surface area contributed by atoms with Crippen molar-refractivity contribution < 1.29 is 22.5 Å². The molecule has 3 aromatic rings. The maximum atomic E-state index is 13.9. The Hall–Kier alpha value is -3.79. The van der Waals surface area contributed by atoms with Crippen LogP contribution in [0.5, 0.6) is 0 Å². The van der Waals surface area contributed by atoms with Crippen molar-refractivity contribution in [3.05, 3.63) is 87.7 Å². The molecule has 31 heavy (non-hydrogen) atoms. The minimum Gasteiger partial charge on any atom is -0.350 e. The molecule has 0 aliphatic carbocycles. The van der Waals surface area contributed by atoms with Crippen LogP contribution in [0, 0.1) is 22.9 Å². The zero-order valence-electron chi connectivity index (χ0n) is 16.5. The normalized spacial score (nSPS) is 11.1. The minimum absolute atomic E-state index is 0.0873. The monoisotopic (exact) mass is 443 g/mol. The molecule has 0 atom stereocenters. The molecule has 0 aromatic heterocycles. The van der Waals surface area contributed by atoms with Gasteiger partial charge in [0.25, 0.3) is 15.7 Å². The van der Waals surface area contributed by atoms with Crippen LogP contribution in [-0.2, 0) is 10.0 Å². The number of hydrogen-bond donors (Lipinski definition) is 2. The summed E-state index contributed by atoms with van der Waals surface area (Å²) in [6, 6.07) is 13.7. The van der Waals surface area contributed by atoms with Crippen LogP contribution in [0.4, 0.5) is 27.1 Å². The number of hydrogen-bond acceptors (Lipinski definition) is 6. The molecule has 8 nitrogen and oxygen atoms in total. The van der Waals surface area contributed by atoms with Crippen molar-refractivity contribution in [2.45, 2.75) is 18.7 Å². The molecule has 0 spiro atoms. The van der Waals surface area contributed by atoms with Gasteiger partial charge in [-0.25, -0.2) is 12.8 Å². The van der Waals surface area contributed by atoms with Crippen molar-refractivity contribution >= 4 is 38.6 Å². The number of Topliss-reactive ketones (excluding diaryl/α,β-unsaturated/α-hetero) is 1. The van der Waals surface area contributed by atoms with Crippen LogP contribution in [0.15, 0.2) is 65.6 Å². The smallest absolute Gasteiger partial charge is 0.293 e. The Labute approximate surface area is 177 Å². The molecule has 3 rings (SSSR count). The molecule has 0 saturated carbocycles. The van der Waals surface area contributed by atoms with Crippen LogP contribution in [0.1, 0.15) is 22.8 Å². The fraction of sp³-hybridized carbons (Fsp3) is 0.0952. The number of carbonyl (C=O) groups excluding carboxylic acids is 1. The number of rotatable bonds is 7. The van der Waals surface area contributed by atoms with Crippen molar-refractivity contribution in [1.29, 1.82) is 0 Å². The van der Waals surface area contributed by atoms with Crippen LogP contribution in [-0.4, -0.2) is 19.1 Å². The van der Waals surface area contributed by atoms with Gasteiger partial charge in [0.1, 0.15) is 11.5 Å². The highest BCUT2D eigenvalue weighted by molar-refractivity contribution is 7.92. The third-order valence-electron chi connectivity index (χ3n) is 4.48. The Kier molecular flexibility index (Phi) is 6.02. The van der Waals surface area contributed by atoms with E-state index in [0.29, 0.717) is 5.56 Å². The predicted octanol–water partition coefficient (Wildman–Crippen LogP) is 4.79. The van der Waals surface area contributed by atoms with Crippen molar-refractivity contribution in [2.24, 2.45) is 0 Å². The quantitative estimate of drug-likeness (QED) is 0.308. The fourth-order valence-corrected chi connectivity index (χ4v) is 4.21. The van der Waals surface area contributed by atoms with E-state index in [1.807, 2.05) is 0 Å². The van der Waals surface area contributed by atoms with E-state index in [-0.39, 0.29) is 39.0 Å². The first-order valence-electron chi connectivity index (χ1n) is 9.03. The Bertz CT molecular complexity index is 1290. The second-order valence-electron chi connectivity index (χ2n) is 6.74. The summed E-state index contributed by atoms with van der Waals surface area (Å²) < 4.78 is 41.7. The number of ketones is 1. The Balaban J connectivity index is 1.98. The summed E-state index contributed by atoms with van der Waals surface area (Å²) in [7, 11) is -4.13. The number of para-hydroxylation sites is 1. The largest absolute Gasteiger partial charge is 0.350 e. The Morgan fingerprint density at radius 3 is 2.39 bits per heavy atom. The lowest BCUT2D eigenvalue weighted by atomic mass is 10.1. The van der Waals surface area contributed by atoms with Gasteiger partial charge in [0.2, 0.25) is 0 Å². The molecule has 0 saturated heterocycles. The number of nitrogens with zero attached hydrogens (tertiary/aromatic N) is 1. The van der Waals surface area contributed by atoms with Gasteiger partial charge < -0.3 is 5.32 Å². The molecule has 0 amide bonds. The average Bonchev–Trinajstić information content (AvgIpc) is 2.71. The SMILES string of the molecule is CC(=O)c1ccc(Nc2ccc(C)c(S(=O)(=O)Nc3ccccc3F)c2)c([N+](=O)[O-])c1. The van der Waals surface area contributed by atoms with Crippen LogP contribution < -0.4 is 10.0 Å². The van der Waals surface area contributed by atoms with E-state index in [4.69, 9.17) is 0 Å². The van der Waals surface area contributed by atoms with E-state index in [9.17, 15) is 27.7 Å². The first kappa shape index (κ1) is 21.9. The van der Waals surface area contributed by atoms with Crippen LogP contribution in [0.3, 0.4) is 0 Å². The summed E-state index contributed by atoms with van der Waals surface area (Å²) in [4.78, 5) is 22.2. The molecule has 0 radical (unpaired) electrons. The van der Waals surface area contributed by atoms with Gasteiger partial charge in [-0.15, -0.1) is 0 Å². The van der Waals surface area contributed by atoms with E-state index in [0.717, 1.165) is 12.1 Å². The summed E-state index contributed by atoms with van der Waals surface area (Å²) in [6.07, 6.45) is 0. The van der Waals surface area contributed by atoms with E-state index in [1.54, 1.807) is 13.0 Å². The molecule has 0 heterocycles. The number of nitrogens with one attached hydrogen (secondary N) is 2. The highest BCUT2D eigenvalue weighted by Crippen LogP contribution is 2.31. The molecule has 0 aliphatic rings. The number of nitro benzene ring substituents is 1. The number of sulfonamides is 1. The van der Waals surface area contributed by atoms with Gasteiger partial charge >= 0.3 is 0 Å². The van der Waals surface area contributed by atoms with Gasteiger partial charge in [-0.1, -0.05) is 18.2 Å². The van der Waals surface area contributed by atoms with Crippen molar-refractivity contribution in [1.82, 2.24) is 0 Å². The lowest BCUT2D eigenvalue weighted by Crippen LogP contribution is -2.15. The van der Waals surface area contributed by atoms with Gasteiger partial charge in [0.15, 0.2) is 5.78 Å². The van der Waals surface area contributed by atoms with Crippen molar-refractivity contribution in [2.75, 3.05) is 10.0 Å². The zero-order chi connectivity index (χ0) is 22.8. The molecule has 0 aliphatic heterocycles. The molecule has 160 valence electrons. The van der Waals surface area contributed by atoms with Gasteiger partial charge in [-0.05, 0) is 55.8 Å². The number of halogens is 1. The number of benzene rings is 3. The number of nitro groups is 1. The summed E-state index contributed by atoms with van der Waals surface area (Å²) in [5.41, 5.74) is 0.398. The molecule has 0 fully saturated rings. The van der Waals surface area contributed by atoms with Crippen LogP contribution in [0.2, 0.25) is 0 Å². The Morgan fingerprint density at radius 1 is 1.03 bits per heavy atom. The maximum Gasteiger partial charge on any atom is 0.293 e. The van der Waals surface area contributed by atoms with Crippen LogP contribution in [0.25, 0.3) is 0 Å². The van der Waals surface area contributed by atoms with Crippen LogP contribution >= 0.6 is 0 Å². The van der Waals surface area contributed by atoms with Gasteiger partial charge in [0.05, 0.1) is 15.5 Å². The zero-order valence-corrected chi connectivity index (χ0v) is 17.4. The third-order valence-corrected chi connectivity index (χ3v) is 5.98. The van der Waals surface area contributed by atoms with Gasteiger partial charge in [0, 0.05) is 17.3 Å². The molecule has 10 heteroatoms. The maximum absolute atomic E-state index is 13.9. The molecule has 0 bridgehead atoms. The number of aryl methyl sites for hydroxylation is 1. The molecule has 0 unspecified atom stereocenters. The topological polar surface area (TPSA) is 118 Å². The van der Waals surface area contributed by atoms with Crippen molar-refractivity contribution in [3.63, 3.8) is 0 Å².